The second-order valence-electron chi connectivity index (χ2n) is 3.85. The fourth-order valence-electron chi connectivity index (χ4n) is 1.35. The molecule has 9 N–H and O–H groups in total. The maximum absolute atomic E-state index is 10.3. The van der Waals surface area contributed by atoms with Crippen LogP contribution in [0.25, 0.3) is 0 Å². The lowest BCUT2D eigenvalue weighted by molar-refractivity contribution is -0.256. The van der Waals surface area contributed by atoms with Gasteiger partial charge in [-0.2, -0.15) is 0 Å². The Labute approximate surface area is 134 Å². The second-order valence-corrected chi connectivity index (χ2v) is 3.85. The lowest BCUT2D eigenvalue weighted by atomic mass is 10.2. The molecular weight excluding hydrogens is 326 g/mol. The number of carbonyl (C=O) groups is 3. The van der Waals surface area contributed by atoms with Gasteiger partial charge in [-0.15, -0.1) is 0 Å². The van der Waals surface area contributed by atoms with Gasteiger partial charge in [-0.05, 0) is 12.1 Å². The van der Waals surface area contributed by atoms with Crippen molar-refractivity contribution >= 4 is 23.6 Å². The maximum atomic E-state index is 10.3. The molecule has 0 saturated carbocycles. The van der Waals surface area contributed by atoms with Crippen LogP contribution in [0.4, 0.5) is 5.69 Å². The highest BCUT2D eigenvalue weighted by atomic mass is 16.4. The molecule has 0 saturated heterocycles. The fourth-order valence-corrected chi connectivity index (χ4v) is 1.35. The Kier molecular flexibility index (Phi) is 9.85. The van der Waals surface area contributed by atoms with E-state index < -0.39 is 29.3 Å². The zero-order valence-electron chi connectivity index (χ0n) is 12.1. The molecule has 2 rings (SSSR count). The molecule has 11 nitrogen and oxygen atoms in total. The Hall–Kier alpha value is -3.41. The molecular formula is C13H15N3O8. The number of rotatable bonds is 3. The molecule has 130 valence electrons. The summed E-state index contributed by atoms with van der Waals surface area (Å²) in [7, 11) is 0. The van der Waals surface area contributed by atoms with Gasteiger partial charge in [-0.3, -0.25) is 4.98 Å². The summed E-state index contributed by atoms with van der Waals surface area (Å²) in [6.07, 6.45) is 2.17. The molecule has 2 aromatic rings. The molecule has 24 heavy (non-hydrogen) atoms. The van der Waals surface area contributed by atoms with E-state index in [0.29, 0.717) is 0 Å². The Balaban J connectivity index is 0. The van der Waals surface area contributed by atoms with Crippen molar-refractivity contribution in [2.75, 3.05) is 0 Å². The summed E-state index contributed by atoms with van der Waals surface area (Å²) in [5.74, 6) is -4.01. The van der Waals surface area contributed by atoms with Gasteiger partial charge < -0.3 is 36.8 Å². The summed E-state index contributed by atoms with van der Waals surface area (Å²) in [6.45, 7) is 0. The standard InChI is InChI=1S/C7H7NO2.C6H4N2O4.2H2O/c8-6-3-1-2-5(4-6)7(9)10;9-5(10)3-4(6(11)12)8-2-1-7-3;;/h1-4H,8H2,(H,9,10);1-2H,(H,9,10)(H,11,12);2*1H2. The van der Waals surface area contributed by atoms with Crippen LogP contribution in [0.15, 0.2) is 36.7 Å². The van der Waals surface area contributed by atoms with Crippen molar-refractivity contribution < 1.29 is 46.4 Å². The molecule has 0 fully saturated rings. The molecule has 0 unspecified atom stereocenters. The Morgan fingerprint density at radius 3 is 1.83 bits per heavy atom. The smallest absolute Gasteiger partial charge is 0.356 e. The molecule has 0 spiro atoms. The van der Waals surface area contributed by atoms with E-state index in [1.165, 1.54) is 12.1 Å². The largest absolute Gasteiger partial charge is 0.543 e. The summed E-state index contributed by atoms with van der Waals surface area (Å²) in [6, 6.07) is 6.50. The van der Waals surface area contributed by atoms with Crippen LogP contribution in [0.2, 0.25) is 0 Å². The molecule has 0 atom stereocenters. The van der Waals surface area contributed by atoms with Crippen LogP contribution < -0.4 is 10.8 Å². The second kappa shape index (κ2) is 10.3. The number of hydrogen-bond acceptors (Lipinski definition) is 6. The zero-order chi connectivity index (χ0) is 16.7. The first-order valence-corrected chi connectivity index (χ1v) is 5.74. The Morgan fingerprint density at radius 2 is 1.50 bits per heavy atom. The molecule has 1 heterocycles. The van der Waals surface area contributed by atoms with Crippen LogP contribution in [0, 0.1) is 0 Å². The van der Waals surface area contributed by atoms with Gasteiger partial charge in [0.05, 0.1) is 11.5 Å². The minimum absolute atomic E-state index is 0. The van der Waals surface area contributed by atoms with Gasteiger partial charge in [0.15, 0.2) is 5.69 Å². The SMILES string of the molecule is O.O.O=C([O-])c1nccnc1C(=O)O.[NH3+]c1cccc(C(=O)O)c1. The fraction of sp³-hybridized carbons (Fsp3) is 0. The van der Waals surface area contributed by atoms with Crippen molar-refractivity contribution in [1.29, 1.82) is 0 Å². The number of benzene rings is 1. The van der Waals surface area contributed by atoms with E-state index in [2.05, 4.69) is 15.7 Å². The van der Waals surface area contributed by atoms with Gasteiger partial charge in [0.2, 0.25) is 0 Å². The van der Waals surface area contributed by atoms with Crippen LogP contribution in [0.3, 0.4) is 0 Å². The quantitative estimate of drug-likeness (QED) is 0.524. The van der Waals surface area contributed by atoms with Crippen molar-refractivity contribution in [2.45, 2.75) is 0 Å². The molecule has 11 heteroatoms. The van der Waals surface area contributed by atoms with Gasteiger partial charge in [0.25, 0.3) is 0 Å². The molecule has 0 amide bonds. The molecule has 1 aromatic carbocycles. The Bertz CT molecular complexity index is 687. The molecule has 0 aliphatic carbocycles. The first-order valence-electron chi connectivity index (χ1n) is 5.74. The van der Waals surface area contributed by atoms with E-state index in [9.17, 15) is 19.5 Å². The van der Waals surface area contributed by atoms with Gasteiger partial charge in [-0.25, -0.2) is 14.6 Å². The summed E-state index contributed by atoms with van der Waals surface area (Å²) in [4.78, 5) is 37.5. The predicted octanol–water partition coefficient (Wildman–Crippen LogP) is -2.85. The van der Waals surface area contributed by atoms with E-state index in [1.54, 1.807) is 12.1 Å². The topological polar surface area (TPSA) is 231 Å². The normalized spacial score (nSPS) is 8.54. The van der Waals surface area contributed by atoms with Crippen molar-refractivity contribution in [1.82, 2.24) is 9.97 Å². The van der Waals surface area contributed by atoms with E-state index in [-0.39, 0.29) is 16.5 Å². The van der Waals surface area contributed by atoms with Crippen molar-refractivity contribution in [2.24, 2.45) is 0 Å². The van der Waals surface area contributed by atoms with Crippen LogP contribution in [-0.4, -0.2) is 49.0 Å². The van der Waals surface area contributed by atoms with Gasteiger partial charge in [-0.1, -0.05) is 6.07 Å². The summed E-state index contributed by atoms with van der Waals surface area (Å²) >= 11 is 0. The number of quaternary nitrogens is 1. The van der Waals surface area contributed by atoms with Crippen LogP contribution >= 0.6 is 0 Å². The number of hydrogen-bond donors (Lipinski definition) is 3. The monoisotopic (exact) mass is 341 g/mol. The molecule has 0 aliphatic heterocycles. The first kappa shape index (κ1) is 22.9. The molecule has 0 radical (unpaired) electrons. The summed E-state index contributed by atoms with van der Waals surface area (Å²) in [5.41, 5.74) is 3.33. The van der Waals surface area contributed by atoms with E-state index in [0.717, 1.165) is 18.1 Å². The lowest BCUT2D eigenvalue weighted by Gasteiger charge is -2.02. The third-order valence-electron chi connectivity index (χ3n) is 2.27. The summed E-state index contributed by atoms with van der Waals surface area (Å²) in [5, 5.41) is 27.2. The minimum Gasteiger partial charge on any atom is -0.543 e. The average molecular weight is 341 g/mol. The maximum Gasteiger partial charge on any atom is 0.356 e. The Morgan fingerprint density at radius 1 is 0.958 bits per heavy atom. The first-order chi connectivity index (χ1) is 10.3. The third-order valence-corrected chi connectivity index (χ3v) is 2.27. The van der Waals surface area contributed by atoms with E-state index in [1.807, 2.05) is 0 Å². The number of aromatic nitrogens is 2. The van der Waals surface area contributed by atoms with Crippen LogP contribution in [-0.2, 0) is 0 Å². The lowest BCUT2D eigenvalue weighted by Crippen LogP contribution is -2.40. The highest BCUT2D eigenvalue weighted by Gasteiger charge is 2.12. The van der Waals surface area contributed by atoms with Gasteiger partial charge in [0, 0.05) is 18.5 Å². The highest BCUT2D eigenvalue weighted by molar-refractivity contribution is 5.97. The average Bonchev–Trinajstić information content (AvgIpc) is 2.47. The number of carboxylic acids is 3. The highest BCUT2D eigenvalue weighted by Crippen LogP contribution is 2.03. The van der Waals surface area contributed by atoms with Crippen molar-refractivity contribution in [3.05, 3.63) is 53.6 Å². The van der Waals surface area contributed by atoms with Crippen molar-refractivity contribution in [3.63, 3.8) is 0 Å². The molecule has 0 aliphatic rings. The number of carboxylic acid groups (broad SMARTS) is 3. The van der Waals surface area contributed by atoms with E-state index >= 15 is 0 Å². The number of nitrogens with zero attached hydrogens (tertiary/aromatic N) is 2. The summed E-state index contributed by atoms with van der Waals surface area (Å²) < 4.78 is 0. The third kappa shape index (κ3) is 6.57. The number of carbonyl (C=O) groups excluding carboxylic acids is 1. The predicted molar refractivity (Wildman–Crippen MR) is 76.5 cm³/mol. The van der Waals surface area contributed by atoms with Crippen LogP contribution in [0.1, 0.15) is 31.3 Å². The van der Waals surface area contributed by atoms with Crippen LogP contribution in [0.5, 0.6) is 0 Å². The van der Waals surface area contributed by atoms with E-state index in [4.69, 9.17) is 10.2 Å². The van der Waals surface area contributed by atoms with Gasteiger partial charge >= 0.3 is 11.9 Å². The molecule has 1 aromatic heterocycles. The van der Waals surface area contributed by atoms with Gasteiger partial charge in [0.1, 0.15) is 11.4 Å². The number of aromatic carboxylic acids is 3. The minimum atomic E-state index is -1.65. The molecule has 0 bridgehead atoms. The van der Waals surface area contributed by atoms with Crippen molar-refractivity contribution in [3.8, 4) is 0 Å². The zero-order valence-corrected chi connectivity index (χ0v) is 12.1.